The molecule has 5 heteroatoms. The predicted molar refractivity (Wildman–Crippen MR) is 67.0 cm³/mol. The molecule has 0 N–H and O–H groups in total. The van der Waals surface area contributed by atoms with Crippen molar-refractivity contribution in [1.82, 2.24) is 9.97 Å². The van der Waals surface area contributed by atoms with Crippen LogP contribution in [0.1, 0.15) is 19.8 Å². The number of hydrogen-bond acceptors (Lipinski definition) is 4. The summed E-state index contributed by atoms with van der Waals surface area (Å²) in [6.07, 6.45) is 4.28. The molecule has 0 aromatic carbocycles. The minimum absolute atomic E-state index is 0.507. The Kier molecular flexibility index (Phi) is 5.19. The average molecular weight is 246 g/mol. The molecule has 0 saturated carbocycles. The van der Waals surface area contributed by atoms with Crippen LogP contribution >= 0.6 is 23.4 Å². The summed E-state index contributed by atoms with van der Waals surface area (Å²) >= 11 is 7.42. The third-order valence-electron chi connectivity index (χ3n) is 2.08. The van der Waals surface area contributed by atoms with Crippen LogP contribution in [0.25, 0.3) is 0 Å². The van der Waals surface area contributed by atoms with Crippen LogP contribution in [0.5, 0.6) is 0 Å². The van der Waals surface area contributed by atoms with Gasteiger partial charge in [0.1, 0.15) is 11.0 Å². The van der Waals surface area contributed by atoms with Gasteiger partial charge in [-0.05, 0) is 12.7 Å². The maximum absolute atomic E-state index is 5.92. The lowest BCUT2D eigenvalue weighted by atomic mass is 10.3. The molecule has 0 aliphatic carbocycles. The molecular formula is C10H16ClN3S. The van der Waals surface area contributed by atoms with Gasteiger partial charge < -0.3 is 4.90 Å². The Morgan fingerprint density at radius 2 is 2.20 bits per heavy atom. The molecule has 0 spiro atoms. The van der Waals surface area contributed by atoms with E-state index in [-0.39, 0.29) is 0 Å². The monoisotopic (exact) mass is 245 g/mol. The fourth-order valence-electron chi connectivity index (χ4n) is 1.18. The van der Waals surface area contributed by atoms with Crippen LogP contribution in [-0.2, 0) is 0 Å². The highest BCUT2D eigenvalue weighted by atomic mass is 35.5. The first-order valence-electron chi connectivity index (χ1n) is 4.97. The fraction of sp³-hybridized carbons (Fsp3) is 0.600. The number of rotatable bonds is 5. The van der Waals surface area contributed by atoms with Crippen molar-refractivity contribution >= 4 is 29.2 Å². The molecule has 0 aliphatic rings. The molecule has 0 saturated heterocycles. The first-order chi connectivity index (χ1) is 7.17. The predicted octanol–water partition coefficient (Wildman–Crippen LogP) is 3.09. The maximum Gasteiger partial charge on any atom is 0.190 e. The lowest BCUT2D eigenvalue weighted by Crippen LogP contribution is -2.19. The topological polar surface area (TPSA) is 29.0 Å². The van der Waals surface area contributed by atoms with Crippen molar-refractivity contribution in [3.63, 3.8) is 0 Å². The molecule has 1 rings (SSSR count). The molecule has 0 unspecified atom stereocenters. The lowest BCUT2D eigenvalue weighted by Gasteiger charge is -2.18. The van der Waals surface area contributed by atoms with E-state index in [2.05, 4.69) is 21.8 Å². The zero-order chi connectivity index (χ0) is 11.3. The number of halogens is 1. The fourth-order valence-corrected chi connectivity index (χ4v) is 1.78. The molecule has 0 atom stereocenters. The Labute approximate surface area is 100 Å². The van der Waals surface area contributed by atoms with Crippen molar-refractivity contribution in [1.29, 1.82) is 0 Å². The molecule has 15 heavy (non-hydrogen) atoms. The van der Waals surface area contributed by atoms with Gasteiger partial charge in [-0.2, -0.15) is 0 Å². The average Bonchev–Trinajstić information content (AvgIpc) is 2.24. The van der Waals surface area contributed by atoms with Crippen molar-refractivity contribution in [2.24, 2.45) is 0 Å². The van der Waals surface area contributed by atoms with Crippen LogP contribution in [0.15, 0.2) is 11.2 Å². The number of nitrogens with zero attached hydrogens (tertiary/aromatic N) is 3. The number of anilines is 1. The number of unbranched alkanes of at least 4 members (excludes halogenated alkanes) is 1. The van der Waals surface area contributed by atoms with Crippen LogP contribution in [0.3, 0.4) is 0 Å². The lowest BCUT2D eigenvalue weighted by molar-refractivity contribution is 0.752. The van der Waals surface area contributed by atoms with Crippen LogP contribution in [0.4, 0.5) is 5.82 Å². The SMILES string of the molecule is CCCCN(C)c1cc(Cl)nc(SC)n1. The minimum Gasteiger partial charge on any atom is -0.360 e. The summed E-state index contributed by atoms with van der Waals surface area (Å²) in [6, 6.07) is 1.80. The second kappa shape index (κ2) is 6.18. The van der Waals surface area contributed by atoms with E-state index in [9.17, 15) is 0 Å². The summed E-state index contributed by atoms with van der Waals surface area (Å²) in [6.45, 7) is 3.17. The zero-order valence-electron chi connectivity index (χ0n) is 9.33. The van der Waals surface area contributed by atoms with Gasteiger partial charge in [-0.15, -0.1) is 0 Å². The van der Waals surface area contributed by atoms with Gasteiger partial charge in [-0.1, -0.05) is 36.7 Å². The summed E-state index contributed by atoms with van der Waals surface area (Å²) in [4.78, 5) is 10.6. The molecule has 0 bridgehead atoms. The molecule has 1 aromatic heterocycles. The van der Waals surface area contributed by atoms with E-state index < -0.39 is 0 Å². The van der Waals surface area contributed by atoms with Crippen LogP contribution in [-0.4, -0.2) is 29.8 Å². The molecule has 0 radical (unpaired) electrons. The van der Waals surface area contributed by atoms with Crippen molar-refractivity contribution in [3.8, 4) is 0 Å². The van der Waals surface area contributed by atoms with Gasteiger partial charge in [0.05, 0.1) is 0 Å². The van der Waals surface area contributed by atoms with E-state index in [0.717, 1.165) is 23.9 Å². The van der Waals surface area contributed by atoms with Gasteiger partial charge in [0.15, 0.2) is 5.16 Å². The first kappa shape index (κ1) is 12.6. The quantitative estimate of drug-likeness (QED) is 0.453. The van der Waals surface area contributed by atoms with Crippen molar-refractivity contribution < 1.29 is 0 Å². The second-order valence-electron chi connectivity index (χ2n) is 3.31. The maximum atomic E-state index is 5.92. The molecule has 0 fully saturated rings. The highest BCUT2D eigenvalue weighted by molar-refractivity contribution is 7.98. The van der Waals surface area contributed by atoms with E-state index in [1.54, 1.807) is 6.07 Å². The highest BCUT2D eigenvalue weighted by Crippen LogP contribution is 2.19. The number of thioether (sulfide) groups is 1. The zero-order valence-corrected chi connectivity index (χ0v) is 10.9. The summed E-state index contributed by atoms with van der Waals surface area (Å²) in [5.74, 6) is 0.896. The van der Waals surface area contributed by atoms with E-state index in [1.807, 2.05) is 13.3 Å². The summed E-state index contributed by atoms with van der Waals surface area (Å²) in [7, 11) is 2.03. The smallest absolute Gasteiger partial charge is 0.190 e. The Balaban J connectivity index is 2.78. The van der Waals surface area contributed by atoms with Gasteiger partial charge in [0.25, 0.3) is 0 Å². The van der Waals surface area contributed by atoms with Crippen LogP contribution < -0.4 is 4.90 Å². The Bertz CT molecular complexity index is 320. The molecule has 0 aliphatic heterocycles. The van der Waals surface area contributed by atoms with E-state index >= 15 is 0 Å². The summed E-state index contributed by atoms with van der Waals surface area (Å²) < 4.78 is 0. The summed E-state index contributed by atoms with van der Waals surface area (Å²) in [5, 5.41) is 1.23. The molecule has 3 nitrogen and oxygen atoms in total. The highest BCUT2D eigenvalue weighted by Gasteiger charge is 2.06. The molecule has 1 heterocycles. The van der Waals surface area contributed by atoms with Crippen LogP contribution in [0, 0.1) is 0 Å². The van der Waals surface area contributed by atoms with Crippen molar-refractivity contribution in [3.05, 3.63) is 11.2 Å². The van der Waals surface area contributed by atoms with Gasteiger partial charge in [0, 0.05) is 19.7 Å². The normalized spacial score (nSPS) is 10.4. The Morgan fingerprint density at radius 3 is 2.80 bits per heavy atom. The van der Waals surface area contributed by atoms with E-state index in [4.69, 9.17) is 11.6 Å². The standard InChI is InChI=1S/C10H16ClN3S/c1-4-5-6-14(2)9-7-8(11)12-10(13-9)15-3/h7H,4-6H2,1-3H3. The van der Waals surface area contributed by atoms with Gasteiger partial charge in [-0.25, -0.2) is 9.97 Å². The van der Waals surface area contributed by atoms with Crippen molar-refractivity contribution in [2.45, 2.75) is 24.9 Å². The molecule has 84 valence electrons. The number of aromatic nitrogens is 2. The molecule has 1 aromatic rings. The van der Waals surface area contributed by atoms with Crippen LogP contribution in [0.2, 0.25) is 5.15 Å². The van der Waals surface area contributed by atoms with E-state index in [1.165, 1.54) is 18.2 Å². The Hall–Kier alpha value is -0.480. The largest absolute Gasteiger partial charge is 0.360 e. The van der Waals surface area contributed by atoms with E-state index in [0.29, 0.717) is 5.15 Å². The van der Waals surface area contributed by atoms with Gasteiger partial charge >= 0.3 is 0 Å². The van der Waals surface area contributed by atoms with Gasteiger partial charge in [0.2, 0.25) is 0 Å². The number of hydrogen-bond donors (Lipinski definition) is 0. The molecule has 0 amide bonds. The summed E-state index contributed by atoms with van der Waals surface area (Å²) in [5.41, 5.74) is 0. The third-order valence-corrected chi connectivity index (χ3v) is 2.82. The first-order valence-corrected chi connectivity index (χ1v) is 6.57. The van der Waals surface area contributed by atoms with Crippen molar-refractivity contribution in [2.75, 3.05) is 24.7 Å². The molecular weight excluding hydrogens is 230 g/mol. The minimum atomic E-state index is 0.507. The third kappa shape index (κ3) is 3.87. The van der Waals surface area contributed by atoms with Gasteiger partial charge in [-0.3, -0.25) is 0 Å². The Morgan fingerprint density at radius 1 is 1.47 bits per heavy atom. The second-order valence-corrected chi connectivity index (χ2v) is 4.47.